The Bertz CT molecular complexity index is 949. The summed E-state index contributed by atoms with van der Waals surface area (Å²) in [7, 11) is 4.09. The summed E-state index contributed by atoms with van der Waals surface area (Å²) in [6.07, 6.45) is 0.846. The first-order valence-electron chi connectivity index (χ1n) is 9.80. The molecular formula is C25H27ClN2O. The van der Waals surface area contributed by atoms with Crippen molar-refractivity contribution in [3.63, 3.8) is 0 Å². The van der Waals surface area contributed by atoms with E-state index in [0.29, 0.717) is 10.6 Å². The number of nitrogens with zero attached hydrogens (tertiary/aromatic N) is 1. The number of hydrogen-bond acceptors (Lipinski definition) is 2. The summed E-state index contributed by atoms with van der Waals surface area (Å²) >= 11 is 5.99. The van der Waals surface area contributed by atoms with E-state index in [1.807, 2.05) is 62.6 Å². The fraction of sp³-hybridized carbons (Fsp3) is 0.240. The third-order valence-corrected chi connectivity index (χ3v) is 5.20. The zero-order chi connectivity index (χ0) is 20.8. The molecule has 0 aliphatic heterocycles. The molecule has 0 heterocycles. The molecule has 0 saturated carbocycles. The van der Waals surface area contributed by atoms with Crippen molar-refractivity contribution >= 4 is 17.5 Å². The van der Waals surface area contributed by atoms with Gasteiger partial charge in [-0.25, -0.2) is 0 Å². The molecule has 0 saturated heterocycles. The molecule has 4 heteroatoms. The summed E-state index contributed by atoms with van der Waals surface area (Å²) in [6, 6.07) is 23.7. The van der Waals surface area contributed by atoms with Crippen LogP contribution in [0.2, 0.25) is 5.02 Å². The number of carbonyl (C=O) groups is 1. The fourth-order valence-electron chi connectivity index (χ4n) is 3.23. The maximum atomic E-state index is 13.0. The Morgan fingerprint density at radius 3 is 2.31 bits per heavy atom. The number of hydrogen-bond donors (Lipinski definition) is 1. The van der Waals surface area contributed by atoms with E-state index < -0.39 is 0 Å². The first-order chi connectivity index (χ1) is 13.9. The van der Waals surface area contributed by atoms with Crippen LogP contribution in [0.15, 0.2) is 72.8 Å². The number of nitrogens with one attached hydrogen (secondary N) is 1. The second kappa shape index (κ2) is 9.73. The van der Waals surface area contributed by atoms with Gasteiger partial charge >= 0.3 is 0 Å². The number of carbonyl (C=O) groups excluding carboxylic acids is 1. The van der Waals surface area contributed by atoms with Crippen LogP contribution in [0, 0.1) is 6.92 Å². The van der Waals surface area contributed by atoms with Gasteiger partial charge in [0.25, 0.3) is 5.91 Å². The zero-order valence-corrected chi connectivity index (χ0v) is 17.9. The minimum atomic E-state index is -0.0647. The van der Waals surface area contributed by atoms with Gasteiger partial charge in [0, 0.05) is 10.6 Å². The van der Waals surface area contributed by atoms with Gasteiger partial charge in [0.05, 0.1) is 6.04 Å². The minimum Gasteiger partial charge on any atom is -0.345 e. The average molecular weight is 407 g/mol. The molecule has 1 amide bonds. The van der Waals surface area contributed by atoms with Crippen molar-refractivity contribution in [3.8, 4) is 11.1 Å². The number of amides is 1. The van der Waals surface area contributed by atoms with E-state index in [1.54, 1.807) is 0 Å². The minimum absolute atomic E-state index is 0.0373. The van der Waals surface area contributed by atoms with E-state index in [1.165, 1.54) is 5.56 Å². The Labute approximate surface area is 178 Å². The molecular weight excluding hydrogens is 380 g/mol. The smallest absolute Gasteiger partial charge is 0.251 e. The largest absolute Gasteiger partial charge is 0.345 e. The van der Waals surface area contributed by atoms with Gasteiger partial charge in [0.1, 0.15) is 0 Å². The quantitative estimate of drug-likeness (QED) is 0.542. The predicted octanol–water partition coefficient (Wildman–Crippen LogP) is 5.74. The summed E-state index contributed by atoms with van der Waals surface area (Å²) in [5.41, 5.74) is 5.02. The molecule has 0 bridgehead atoms. The molecule has 150 valence electrons. The van der Waals surface area contributed by atoms with Gasteiger partial charge in [0.2, 0.25) is 0 Å². The number of aryl methyl sites for hydroxylation is 1. The second-order valence-corrected chi connectivity index (χ2v) is 8.05. The molecule has 1 atom stereocenters. The molecule has 29 heavy (non-hydrogen) atoms. The Kier molecular flexibility index (Phi) is 7.08. The van der Waals surface area contributed by atoms with Crippen LogP contribution in [-0.2, 0) is 0 Å². The monoisotopic (exact) mass is 406 g/mol. The molecule has 3 rings (SSSR count). The molecule has 3 nitrogen and oxygen atoms in total. The Balaban J connectivity index is 1.80. The molecule has 1 N–H and O–H groups in total. The standard InChI is InChI=1S/C25H27ClN2O/c1-18-7-9-20(10-8-18)24(15-16-28(2)3)27-25(29)22-6-4-5-21(17-22)19-11-13-23(26)14-12-19/h4-14,17,24H,15-16H2,1-3H3,(H,27,29). The van der Waals surface area contributed by atoms with Gasteiger partial charge < -0.3 is 10.2 Å². The van der Waals surface area contributed by atoms with Gasteiger partial charge in [-0.1, -0.05) is 65.7 Å². The lowest BCUT2D eigenvalue weighted by molar-refractivity contribution is 0.0933. The van der Waals surface area contributed by atoms with Gasteiger partial charge in [-0.15, -0.1) is 0 Å². The van der Waals surface area contributed by atoms with Crippen molar-refractivity contribution in [1.29, 1.82) is 0 Å². The van der Waals surface area contributed by atoms with E-state index in [0.717, 1.165) is 29.7 Å². The highest BCUT2D eigenvalue weighted by atomic mass is 35.5. The van der Waals surface area contributed by atoms with E-state index in [-0.39, 0.29) is 11.9 Å². The maximum Gasteiger partial charge on any atom is 0.251 e. The van der Waals surface area contributed by atoms with Crippen LogP contribution in [0.5, 0.6) is 0 Å². The average Bonchev–Trinajstić information content (AvgIpc) is 2.72. The van der Waals surface area contributed by atoms with Gasteiger partial charge in [0.15, 0.2) is 0 Å². The molecule has 0 aliphatic rings. The fourth-order valence-corrected chi connectivity index (χ4v) is 3.36. The summed E-state index contributed by atoms with van der Waals surface area (Å²) < 4.78 is 0. The van der Waals surface area contributed by atoms with Gasteiger partial charge in [-0.2, -0.15) is 0 Å². The lowest BCUT2D eigenvalue weighted by Crippen LogP contribution is -2.31. The van der Waals surface area contributed by atoms with Gasteiger partial charge in [-0.3, -0.25) is 4.79 Å². The van der Waals surface area contributed by atoms with Crippen molar-refractivity contribution in [3.05, 3.63) is 94.5 Å². The number of halogens is 1. The topological polar surface area (TPSA) is 32.3 Å². The highest BCUT2D eigenvalue weighted by Crippen LogP contribution is 2.23. The summed E-state index contributed by atoms with van der Waals surface area (Å²) in [4.78, 5) is 15.2. The number of benzene rings is 3. The predicted molar refractivity (Wildman–Crippen MR) is 121 cm³/mol. The first-order valence-corrected chi connectivity index (χ1v) is 10.2. The lowest BCUT2D eigenvalue weighted by atomic mass is 10.00. The summed E-state index contributed by atoms with van der Waals surface area (Å²) in [5, 5.41) is 3.92. The highest BCUT2D eigenvalue weighted by Gasteiger charge is 2.16. The lowest BCUT2D eigenvalue weighted by Gasteiger charge is -2.22. The number of rotatable bonds is 7. The van der Waals surface area contributed by atoms with E-state index in [4.69, 9.17) is 11.6 Å². The Hall–Kier alpha value is -2.62. The van der Waals surface area contributed by atoms with Crippen LogP contribution in [0.3, 0.4) is 0 Å². The van der Waals surface area contributed by atoms with Crippen LogP contribution in [-0.4, -0.2) is 31.4 Å². The zero-order valence-electron chi connectivity index (χ0n) is 17.2. The van der Waals surface area contributed by atoms with Crippen molar-refractivity contribution in [2.24, 2.45) is 0 Å². The van der Waals surface area contributed by atoms with E-state index in [9.17, 15) is 4.79 Å². The molecule has 0 spiro atoms. The SMILES string of the molecule is Cc1ccc(C(CCN(C)C)NC(=O)c2cccc(-c3ccc(Cl)cc3)c2)cc1. The van der Waals surface area contributed by atoms with Crippen LogP contribution >= 0.6 is 11.6 Å². The molecule has 1 unspecified atom stereocenters. The first kappa shape index (κ1) is 21.1. The van der Waals surface area contributed by atoms with Crippen molar-refractivity contribution in [2.45, 2.75) is 19.4 Å². The van der Waals surface area contributed by atoms with Crippen molar-refractivity contribution in [2.75, 3.05) is 20.6 Å². The van der Waals surface area contributed by atoms with E-state index >= 15 is 0 Å². The molecule has 3 aromatic carbocycles. The normalized spacial score (nSPS) is 12.0. The van der Waals surface area contributed by atoms with Crippen LogP contribution in [0.25, 0.3) is 11.1 Å². The Morgan fingerprint density at radius 2 is 1.66 bits per heavy atom. The van der Waals surface area contributed by atoms with Crippen LogP contribution in [0.1, 0.15) is 33.9 Å². The van der Waals surface area contributed by atoms with Crippen LogP contribution in [0.4, 0.5) is 0 Å². The molecule has 0 radical (unpaired) electrons. The molecule has 0 aromatic heterocycles. The van der Waals surface area contributed by atoms with Crippen LogP contribution < -0.4 is 5.32 Å². The molecule has 0 aliphatic carbocycles. The van der Waals surface area contributed by atoms with Gasteiger partial charge in [-0.05, 0) is 74.9 Å². The molecule has 3 aromatic rings. The molecule has 0 fully saturated rings. The maximum absolute atomic E-state index is 13.0. The third kappa shape index (κ3) is 5.93. The second-order valence-electron chi connectivity index (χ2n) is 7.62. The van der Waals surface area contributed by atoms with Crippen molar-refractivity contribution in [1.82, 2.24) is 10.2 Å². The summed E-state index contributed by atoms with van der Waals surface area (Å²) in [6.45, 7) is 2.96. The van der Waals surface area contributed by atoms with E-state index in [2.05, 4.69) is 41.4 Å². The highest BCUT2D eigenvalue weighted by molar-refractivity contribution is 6.30. The third-order valence-electron chi connectivity index (χ3n) is 4.95. The Morgan fingerprint density at radius 1 is 0.966 bits per heavy atom. The summed E-state index contributed by atoms with van der Waals surface area (Å²) in [5.74, 6) is -0.0647. The van der Waals surface area contributed by atoms with Crippen molar-refractivity contribution < 1.29 is 4.79 Å².